The van der Waals surface area contributed by atoms with Gasteiger partial charge in [-0.2, -0.15) is 5.10 Å². The fourth-order valence-electron chi connectivity index (χ4n) is 2.55. The number of morpholine rings is 1. The first-order valence-electron chi connectivity index (χ1n) is 7.53. The Labute approximate surface area is 129 Å². The van der Waals surface area contributed by atoms with Gasteiger partial charge in [0.05, 0.1) is 30.7 Å². The lowest BCUT2D eigenvalue weighted by Gasteiger charge is -2.30. The molecule has 1 N–H and O–H groups in total. The Morgan fingerprint density at radius 2 is 2.09 bits per heavy atom. The number of nitrogens with one attached hydrogen (secondary N) is 1. The van der Waals surface area contributed by atoms with Crippen molar-refractivity contribution in [1.82, 2.24) is 9.78 Å². The summed E-state index contributed by atoms with van der Waals surface area (Å²) in [5.74, 6) is -0.113. The SMILES string of the molecule is CCn1cc(NC(=O)c2ccccc2N2CCOCC2)cn1. The summed E-state index contributed by atoms with van der Waals surface area (Å²) in [6.07, 6.45) is 3.49. The molecule has 22 heavy (non-hydrogen) atoms. The predicted octanol–water partition coefficient (Wildman–Crippen LogP) is 1.99. The molecule has 6 heteroatoms. The molecule has 2 heterocycles. The number of ether oxygens (including phenoxy) is 1. The second kappa shape index (κ2) is 6.62. The monoisotopic (exact) mass is 300 g/mol. The highest BCUT2D eigenvalue weighted by Gasteiger charge is 2.18. The van der Waals surface area contributed by atoms with E-state index in [4.69, 9.17) is 4.74 Å². The van der Waals surface area contributed by atoms with E-state index < -0.39 is 0 Å². The Morgan fingerprint density at radius 1 is 1.32 bits per heavy atom. The fourth-order valence-corrected chi connectivity index (χ4v) is 2.55. The molecule has 116 valence electrons. The van der Waals surface area contributed by atoms with E-state index in [0.29, 0.717) is 24.5 Å². The van der Waals surface area contributed by atoms with Crippen LogP contribution in [0.15, 0.2) is 36.7 Å². The zero-order valence-electron chi connectivity index (χ0n) is 12.7. The highest BCUT2D eigenvalue weighted by molar-refractivity contribution is 6.08. The number of benzene rings is 1. The second-order valence-electron chi connectivity index (χ2n) is 5.16. The summed E-state index contributed by atoms with van der Waals surface area (Å²) in [5, 5.41) is 7.08. The highest BCUT2D eigenvalue weighted by atomic mass is 16.5. The number of hydrogen-bond acceptors (Lipinski definition) is 4. The van der Waals surface area contributed by atoms with Crippen molar-refractivity contribution >= 4 is 17.3 Å². The summed E-state index contributed by atoms with van der Waals surface area (Å²) in [6.45, 7) is 5.78. The number of aryl methyl sites for hydroxylation is 1. The number of nitrogens with zero attached hydrogens (tertiary/aromatic N) is 3. The van der Waals surface area contributed by atoms with Gasteiger partial charge in [0, 0.05) is 31.5 Å². The lowest BCUT2D eigenvalue weighted by atomic mass is 10.1. The lowest BCUT2D eigenvalue weighted by Crippen LogP contribution is -2.37. The van der Waals surface area contributed by atoms with Gasteiger partial charge >= 0.3 is 0 Å². The van der Waals surface area contributed by atoms with Gasteiger partial charge in [-0.15, -0.1) is 0 Å². The Kier molecular flexibility index (Phi) is 4.39. The predicted molar refractivity (Wildman–Crippen MR) is 85.3 cm³/mol. The molecule has 3 rings (SSSR count). The van der Waals surface area contributed by atoms with E-state index in [9.17, 15) is 4.79 Å². The Bertz CT molecular complexity index is 647. The molecule has 2 aromatic rings. The van der Waals surface area contributed by atoms with Crippen LogP contribution in [0.1, 0.15) is 17.3 Å². The smallest absolute Gasteiger partial charge is 0.257 e. The van der Waals surface area contributed by atoms with Crippen LogP contribution in [0.5, 0.6) is 0 Å². The fraction of sp³-hybridized carbons (Fsp3) is 0.375. The minimum absolute atomic E-state index is 0.113. The molecule has 0 saturated carbocycles. The molecule has 1 aromatic carbocycles. The van der Waals surface area contributed by atoms with E-state index in [0.717, 1.165) is 25.3 Å². The largest absolute Gasteiger partial charge is 0.378 e. The van der Waals surface area contributed by atoms with Gasteiger partial charge in [0.25, 0.3) is 5.91 Å². The number of amides is 1. The summed E-state index contributed by atoms with van der Waals surface area (Å²) in [5.41, 5.74) is 2.34. The molecular formula is C16H20N4O2. The van der Waals surface area contributed by atoms with Crippen molar-refractivity contribution in [2.24, 2.45) is 0 Å². The number of carbonyl (C=O) groups excluding carboxylic acids is 1. The number of carbonyl (C=O) groups is 1. The summed E-state index contributed by atoms with van der Waals surface area (Å²) < 4.78 is 7.16. The number of anilines is 2. The minimum atomic E-state index is -0.113. The third-order valence-electron chi connectivity index (χ3n) is 3.72. The lowest BCUT2D eigenvalue weighted by molar-refractivity contribution is 0.102. The van der Waals surface area contributed by atoms with Crippen LogP contribution in [-0.4, -0.2) is 42.0 Å². The van der Waals surface area contributed by atoms with E-state index >= 15 is 0 Å². The summed E-state index contributed by atoms with van der Waals surface area (Å²) in [6, 6.07) is 7.67. The van der Waals surface area contributed by atoms with Crippen molar-refractivity contribution in [3.05, 3.63) is 42.2 Å². The molecule has 0 aliphatic carbocycles. The van der Waals surface area contributed by atoms with E-state index in [1.807, 2.05) is 37.4 Å². The average Bonchev–Trinajstić information content (AvgIpc) is 3.03. The molecule has 1 fully saturated rings. The Balaban J connectivity index is 1.79. The topological polar surface area (TPSA) is 59.4 Å². The maximum atomic E-state index is 12.6. The summed E-state index contributed by atoms with van der Waals surface area (Å²) in [7, 11) is 0. The molecule has 1 aromatic heterocycles. The molecule has 1 amide bonds. The third-order valence-corrected chi connectivity index (χ3v) is 3.72. The first kappa shape index (κ1) is 14.6. The normalized spacial score (nSPS) is 14.9. The van der Waals surface area contributed by atoms with E-state index in [1.54, 1.807) is 10.9 Å². The molecule has 0 unspecified atom stereocenters. The quantitative estimate of drug-likeness (QED) is 0.938. The Morgan fingerprint density at radius 3 is 2.82 bits per heavy atom. The minimum Gasteiger partial charge on any atom is -0.378 e. The average molecular weight is 300 g/mol. The molecule has 1 aliphatic heterocycles. The zero-order chi connectivity index (χ0) is 15.4. The van der Waals surface area contributed by atoms with Crippen molar-refractivity contribution in [3.8, 4) is 0 Å². The van der Waals surface area contributed by atoms with E-state index in [2.05, 4.69) is 15.3 Å². The molecule has 0 spiro atoms. The molecule has 6 nitrogen and oxygen atoms in total. The molecule has 0 bridgehead atoms. The standard InChI is InChI=1S/C16H20N4O2/c1-2-20-12-13(11-17-20)18-16(21)14-5-3-4-6-15(14)19-7-9-22-10-8-19/h3-6,11-12H,2,7-10H2,1H3,(H,18,21). The van der Waals surface area contributed by atoms with Gasteiger partial charge < -0.3 is 15.0 Å². The van der Waals surface area contributed by atoms with Crippen LogP contribution in [-0.2, 0) is 11.3 Å². The second-order valence-corrected chi connectivity index (χ2v) is 5.16. The zero-order valence-corrected chi connectivity index (χ0v) is 12.7. The molecule has 0 atom stereocenters. The highest BCUT2D eigenvalue weighted by Crippen LogP contribution is 2.22. The maximum absolute atomic E-state index is 12.6. The molecule has 1 saturated heterocycles. The van der Waals surface area contributed by atoms with Crippen LogP contribution in [0.25, 0.3) is 0 Å². The van der Waals surface area contributed by atoms with Gasteiger partial charge in [-0.3, -0.25) is 9.48 Å². The first-order chi connectivity index (χ1) is 10.8. The van der Waals surface area contributed by atoms with E-state index in [-0.39, 0.29) is 5.91 Å². The van der Waals surface area contributed by atoms with E-state index in [1.165, 1.54) is 0 Å². The summed E-state index contributed by atoms with van der Waals surface area (Å²) >= 11 is 0. The number of hydrogen-bond donors (Lipinski definition) is 1. The molecular weight excluding hydrogens is 280 g/mol. The van der Waals surface area contributed by atoms with Crippen LogP contribution >= 0.6 is 0 Å². The van der Waals surface area contributed by atoms with Crippen molar-refractivity contribution < 1.29 is 9.53 Å². The summed E-state index contributed by atoms with van der Waals surface area (Å²) in [4.78, 5) is 14.8. The first-order valence-corrected chi connectivity index (χ1v) is 7.53. The van der Waals surface area contributed by atoms with Crippen molar-refractivity contribution in [2.45, 2.75) is 13.5 Å². The van der Waals surface area contributed by atoms with Gasteiger partial charge in [-0.05, 0) is 19.1 Å². The van der Waals surface area contributed by atoms with Crippen LogP contribution in [0.3, 0.4) is 0 Å². The van der Waals surface area contributed by atoms with Crippen LogP contribution in [0, 0.1) is 0 Å². The van der Waals surface area contributed by atoms with Crippen molar-refractivity contribution in [2.75, 3.05) is 36.5 Å². The maximum Gasteiger partial charge on any atom is 0.257 e. The van der Waals surface area contributed by atoms with Crippen LogP contribution in [0.2, 0.25) is 0 Å². The van der Waals surface area contributed by atoms with Crippen molar-refractivity contribution in [1.29, 1.82) is 0 Å². The van der Waals surface area contributed by atoms with Crippen LogP contribution < -0.4 is 10.2 Å². The van der Waals surface area contributed by atoms with Gasteiger partial charge in [0.1, 0.15) is 0 Å². The number of rotatable bonds is 4. The van der Waals surface area contributed by atoms with Gasteiger partial charge in [0.2, 0.25) is 0 Å². The number of aromatic nitrogens is 2. The molecule has 1 aliphatic rings. The van der Waals surface area contributed by atoms with Crippen molar-refractivity contribution in [3.63, 3.8) is 0 Å². The van der Waals surface area contributed by atoms with Gasteiger partial charge in [0.15, 0.2) is 0 Å². The third kappa shape index (κ3) is 3.12. The van der Waals surface area contributed by atoms with Gasteiger partial charge in [-0.25, -0.2) is 0 Å². The Hall–Kier alpha value is -2.34. The number of para-hydroxylation sites is 1. The van der Waals surface area contributed by atoms with Crippen LogP contribution in [0.4, 0.5) is 11.4 Å². The van der Waals surface area contributed by atoms with Gasteiger partial charge in [-0.1, -0.05) is 12.1 Å². The molecule has 0 radical (unpaired) electrons.